The number of likely N-dealkylation sites (tertiary alicyclic amines) is 1. The number of methoxy groups -OCH3 is 1. The molecular formula is C38H50F2N4O6. The molecule has 5 aliphatic rings. The lowest BCUT2D eigenvalue weighted by Gasteiger charge is -2.33. The molecule has 1 saturated heterocycles. The fourth-order valence-corrected chi connectivity index (χ4v) is 9.01. The molecule has 50 heavy (non-hydrogen) atoms. The highest BCUT2D eigenvalue weighted by atomic mass is 19.3. The number of halogens is 2. The fourth-order valence-electron chi connectivity index (χ4n) is 9.01. The molecule has 0 radical (unpaired) electrons. The number of hydrogen-bond acceptors (Lipinski definition) is 7. The topological polar surface area (TPSA) is 122 Å². The quantitative estimate of drug-likeness (QED) is 0.251. The second kappa shape index (κ2) is 13.2. The van der Waals surface area contributed by atoms with E-state index in [-0.39, 0.29) is 58.9 Å². The van der Waals surface area contributed by atoms with Gasteiger partial charge in [0.25, 0.3) is 11.5 Å². The number of carbonyl (C=O) groups excluding carboxylic acids is 3. The molecule has 272 valence electrons. The van der Waals surface area contributed by atoms with Crippen molar-refractivity contribution in [1.29, 1.82) is 0 Å². The number of fused-ring (bicyclic) bond motifs is 1. The third kappa shape index (κ3) is 6.75. The van der Waals surface area contributed by atoms with Gasteiger partial charge in [-0.2, -0.15) is 8.78 Å². The van der Waals surface area contributed by atoms with E-state index >= 15 is 8.78 Å². The maximum Gasteiger partial charge on any atom is 0.410 e. The first kappa shape index (κ1) is 34.9. The summed E-state index contributed by atoms with van der Waals surface area (Å²) in [6.45, 7) is 4.67. The van der Waals surface area contributed by atoms with Crippen molar-refractivity contribution in [1.82, 2.24) is 19.8 Å². The van der Waals surface area contributed by atoms with Crippen molar-refractivity contribution in [3.8, 4) is 5.75 Å². The van der Waals surface area contributed by atoms with Crippen LogP contribution in [0.2, 0.25) is 0 Å². The van der Waals surface area contributed by atoms with E-state index in [1.165, 1.54) is 13.5 Å². The van der Waals surface area contributed by atoms with Crippen LogP contribution in [0.4, 0.5) is 13.6 Å². The van der Waals surface area contributed by atoms with Crippen LogP contribution in [0, 0.1) is 28.6 Å². The number of Topliss-reactive ketones (excluding diaryl/α,β-unsaturated/α-hetero) is 1. The molecule has 4 atom stereocenters. The van der Waals surface area contributed by atoms with Gasteiger partial charge in [-0.3, -0.25) is 19.3 Å². The Morgan fingerprint density at radius 3 is 2.58 bits per heavy atom. The van der Waals surface area contributed by atoms with Gasteiger partial charge in [0.1, 0.15) is 18.4 Å². The molecule has 5 fully saturated rings. The Hall–Kier alpha value is -3.57. The van der Waals surface area contributed by atoms with Crippen LogP contribution in [-0.4, -0.2) is 76.4 Å². The van der Waals surface area contributed by atoms with E-state index in [4.69, 9.17) is 9.47 Å². The molecule has 2 amide bonds. The molecule has 2 aromatic rings. The van der Waals surface area contributed by atoms with Crippen molar-refractivity contribution in [2.24, 2.45) is 28.6 Å². The maximum atomic E-state index is 15.2. The van der Waals surface area contributed by atoms with Crippen molar-refractivity contribution in [2.45, 2.75) is 115 Å². The van der Waals surface area contributed by atoms with Crippen LogP contribution in [0.25, 0.3) is 11.0 Å². The first-order valence-electron chi connectivity index (χ1n) is 18.6. The Bertz CT molecular complexity index is 1700. The molecule has 1 aliphatic heterocycles. The van der Waals surface area contributed by atoms with Gasteiger partial charge in [0.2, 0.25) is 5.91 Å². The van der Waals surface area contributed by atoms with Crippen LogP contribution in [-0.2, 0) is 20.2 Å². The van der Waals surface area contributed by atoms with E-state index in [0.29, 0.717) is 43.1 Å². The number of H-pyrrole nitrogens is 1. The zero-order valence-electron chi connectivity index (χ0n) is 29.5. The summed E-state index contributed by atoms with van der Waals surface area (Å²) in [5.74, 6) is -2.67. The smallest absolute Gasteiger partial charge is 0.410 e. The lowest BCUT2D eigenvalue weighted by atomic mass is 9.88. The number of ketones is 1. The number of rotatable bonds is 13. The van der Waals surface area contributed by atoms with Gasteiger partial charge in [-0.05, 0) is 87.2 Å². The van der Waals surface area contributed by atoms with Crippen LogP contribution in [0.1, 0.15) is 103 Å². The molecule has 1 aromatic heterocycles. The van der Waals surface area contributed by atoms with Gasteiger partial charge < -0.3 is 19.4 Å². The van der Waals surface area contributed by atoms with E-state index < -0.39 is 35.7 Å². The number of nitrogens with one attached hydrogen (secondary N) is 1. The van der Waals surface area contributed by atoms with Gasteiger partial charge >= 0.3 is 6.09 Å². The van der Waals surface area contributed by atoms with Crippen molar-refractivity contribution >= 4 is 28.8 Å². The zero-order chi connectivity index (χ0) is 35.4. The van der Waals surface area contributed by atoms with Crippen molar-refractivity contribution < 1.29 is 32.6 Å². The van der Waals surface area contributed by atoms with Gasteiger partial charge in [0.15, 0.2) is 11.5 Å². The minimum atomic E-state index is -3.39. The Balaban J connectivity index is 0.943. The number of benzene rings is 1. The number of carbonyl (C=O) groups is 3. The van der Waals surface area contributed by atoms with E-state index in [0.717, 1.165) is 51.4 Å². The second-order valence-corrected chi connectivity index (χ2v) is 16.1. The van der Waals surface area contributed by atoms with E-state index in [2.05, 4.69) is 9.97 Å². The summed E-state index contributed by atoms with van der Waals surface area (Å²) in [4.78, 5) is 63.1. The first-order valence-corrected chi connectivity index (χ1v) is 18.6. The average Bonchev–Trinajstić information content (AvgIpc) is 4.04. The van der Waals surface area contributed by atoms with Crippen LogP contribution in [0.3, 0.4) is 0 Å². The first-order chi connectivity index (χ1) is 23.9. The molecule has 12 heteroatoms. The number of ether oxygens (including phenoxy) is 2. The number of hydrogen-bond donors (Lipinski definition) is 1. The molecule has 1 aromatic carbocycles. The molecule has 10 nitrogen and oxygen atoms in total. The minimum Gasteiger partial charge on any atom is -0.497 e. The molecule has 0 bridgehead atoms. The lowest BCUT2D eigenvalue weighted by Crippen LogP contribution is -2.50. The predicted octanol–water partition coefficient (Wildman–Crippen LogP) is 6.60. The predicted molar refractivity (Wildman–Crippen MR) is 182 cm³/mol. The Labute approximate surface area is 291 Å². The molecule has 7 rings (SSSR count). The number of nitrogens with zero attached hydrogens (tertiary/aromatic N) is 3. The molecule has 2 heterocycles. The standard InChI is InChI=1S/C38H50F2N4O6/c1-23(2)31(46)33-36(14-15-36)16-17-44(33)30(45)22-43(21-24-8-5-4-6-9-24)35(48)50-29-20-37(29)19-25(37)10-7-13-38(39,40)32-34(47)42-28-18-26(49-3)11-12-27(28)41-32/h11-12,18,23-25,29,33H,4-10,13-17,19-22H2,1-3H3,(H,42,47)/t25?,29?,33-,37?/m1/s1. The number of alkyl halides is 2. The third-order valence-corrected chi connectivity index (χ3v) is 12.4. The SMILES string of the molecule is COc1ccc2nc(C(F)(F)CCCC3CC34CC4OC(=O)N(CC(=O)N3CCC4(CC4)[C@H]3C(=O)C(C)C)CC3CCCCC3)c(=O)[nH]c2c1. The minimum absolute atomic E-state index is 0.0899. The van der Waals surface area contributed by atoms with Crippen LogP contribution >= 0.6 is 0 Å². The number of amides is 2. The summed E-state index contributed by atoms with van der Waals surface area (Å²) in [7, 11) is 1.48. The van der Waals surface area contributed by atoms with Crippen LogP contribution < -0.4 is 10.3 Å². The van der Waals surface area contributed by atoms with Gasteiger partial charge in [0.05, 0.1) is 24.2 Å². The van der Waals surface area contributed by atoms with Gasteiger partial charge in [-0.15, -0.1) is 0 Å². The zero-order valence-corrected chi connectivity index (χ0v) is 29.5. The van der Waals surface area contributed by atoms with Crippen molar-refractivity contribution in [3.63, 3.8) is 0 Å². The average molecular weight is 697 g/mol. The van der Waals surface area contributed by atoms with Gasteiger partial charge in [-0.25, -0.2) is 9.78 Å². The summed E-state index contributed by atoms with van der Waals surface area (Å²) in [6, 6.07) is 4.29. The molecule has 3 unspecified atom stereocenters. The van der Waals surface area contributed by atoms with Crippen molar-refractivity contribution in [3.05, 3.63) is 34.2 Å². The monoisotopic (exact) mass is 696 g/mol. The van der Waals surface area contributed by atoms with E-state index in [1.807, 2.05) is 13.8 Å². The highest BCUT2D eigenvalue weighted by Gasteiger charge is 2.72. The van der Waals surface area contributed by atoms with E-state index in [1.54, 1.807) is 28.0 Å². The summed E-state index contributed by atoms with van der Waals surface area (Å²) in [5.41, 5.74) is -1.37. The van der Waals surface area contributed by atoms with Crippen molar-refractivity contribution in [2.75, 3.05) is 26.7 Å². The normalized spacial score (nSPS) is 26.8. The molecule has 1 N–H and O–H groups in total. The summed E-state index contributed by atoms with van der Waals surface area (Å²) in [6.07, 6.45) is 9.13. The Kier molecular flexibility index (Phi) is 9.20. The third-order valence-electron chi connectivity index (χ3n) is 12.4. The van der Waals surface area contributed by atoms with Gasteiger partial charge in [0, 0.05) is 36.9 Å². The highest BCUT2D eigenvalue weighted by Crippen LogP contribution is 2.73. The fraction of sp³-hybridized carbons (Fsp3) is 0.711. The summed E-state index contributed by atoms with van der Waals surface area (Å²) in [5, 5.41) is 0. The van der Waals surface area contributed by atoms with E-state index in [9.17, 15) is 19.2 Å². The number of aromatic amines is 1. The summed E-state index contributed by atoms with van der Waals surface area (Å²) < 4.78 is 41.6. The molecular weight excluding hydrogens is 646 g/mol. The molecule has 2 spiro atoms. The Morgan fingerprint density at radius 1 is 1.12 bits per heavy atom. The summed E-state index contributed by atoms with van der Waals surface area (Å²) >= 11 is 0. The van der Waals surface area contributed by atoms with Crippen LogP contribution in [0.5, 0.6) is 5.75 Å². The second-order valence-electron chi connectivity index (χ2n) is 16.1. The maximum absolute atomic E-state index is 15.2. The van der Waals surface area contributed by atoms with Gasteiger partial charge in [-0.1, -0.05) is 33.1 Å². The Morgan fingerprint density at radius 2 is 1.88 bits per heavy atom. The highest BCUT2D eigenvalue weighted by molar-refractivity contribution is 5.93. The molecule has 4 aliphatic carbocycles. The van der Waals surface area contributed by atoms with Crippen LogP contribution in [0.15, 0.2) is 23.0 Å². The lowest BCUT2D eigenvalue weighted by molar-refractivity contribution is -0.140. The largest absolute Gasteiger partial charge is 0.497 e. The number of aromatic nitrogens is 2. The molecule has 4 saturated carbocycles.